The van der Waals surface area contributed by atoms with Crippen molar-refractivity contribution >= 4 is 17.4 Å². The molecule has 200 valence electrons. The Morgan fingerprint density at radius 3 is 2.35 bits per heavy atom. The largest absolute Gasteiger partial charge is 0.483 e. The van der Waals surface area contributed by atoms with Crippen molar-refractivity contribution in [3.8, 4) is 0 Å². The van der Waals surface area contributed by atoms with Crippen LogP contribution in [0.4, 0.5) is 26.3 Å². The zero-order valence-corrected chi connectivity index (χ0v) is 20.5. The molecule has 0 atom stereocenters. The van der Waals surface area contributed by atoms with E-state index < -0.39 is 35.0 Å². The second kappa shape index (κ2) is 9.14. The first-order valence-corrected chi connectivity index (χ1v) is 11.4. The molecule has 3 aromatic heterocycles. The average Bonchev–Trinajstić information content (AvgIpc) is 3.38. The molecule has 0 spiro atoms. The summed E-state index contributed by atoms with van der Waals surface area (Å²) >= 11 is 0. The lowest BCUT2D eigenvalue weighted by Crippen LogP contribution is -2.21. The highest BCUT2D eigenvalue weighted by Gasteiger charge is 2.40. The fourth-order valence-electron chi connectivity index (χ4n) is 4.20. The number of nitrogens with zero attached hydrogens (tertiary/aromatic N) is 6. The van der Waals surface area contributed by atoms with Gasteiger partial charge in [0, 0.05) is 16.7 Å². The molecule has 3 aromatic rings. The van der Waals surface area contributed by atoms with Gasteiger partial charge in [-0.25, -0.2) is 9.50 Å². The van der Waals surface area contributed by atoms with Crippen molar-refractivity contribution in [2.24, 2.45) is 4.99 Å². The maximum Gasteiger partial charge on any atom is 0.435 e. The van der Waals surface area contributed by atoms with Gasteiger partial charge >= 0.3 is 12.4 Å². The van der Waals surface area contributed by atoms with Crippen LogP contribution in [0, 0.1) is 5.41 Å². The molecule has 0 unspecified atom stereocenters. The summed E-state index contributed by atoms with van der Waals surface area (Å²) in [4.78, 5) is 8.36. The summed E-state index contributed by atoms with van der Waals surface area (Å²) in [5.41, 5.74) is -2.34. The molecule has 0 saturated heterocycles. The Hall–Kier alpha value is -3.45. The number of hydrogen-bond donors (Lipinski definition) is 1. The molecular weight excluding hydrogens is 504 g/mol. The fourth-order valence-corrected chi connectivity index (χ4v) is 4.20. The van der Waals surface area contributed by atoms with E-state index in [0.717, 1.165) is 12.3 Å². The molecule has 1 aliphatic carbocycles. The van der Waals surface area contributed by atoms with Gasteiger partial charge in [-0.2, -0.15) is 41.5 Å². The van der Waals surface area contributed by atoms with E-state index in [1.54, 1.807) is 20.8 Å². The third-order valence-corrected chi connectivity index (χ3v) is 6.07. The highest BCUT2D eigenvalue weighted by Crippen LogP contribution is 2.36. The summed E-state index contributed by atoms with van der Waals surface area (Å²) in [5.74, 6) is -0.646. The number of alkyl halides is 6. The van der Waals surface area contributed by atoms with Crippen LogP contribution in [0.3, 0.4) is 0 Å². The Morgan fingerprint density at radius 1 is 1.08 bits per heavy atom. The van der Waals surface area contributed by atoms with Crippen molar-refractivity contribution in [2.45, 2.75) is 70.8 Å². The Labute approximate surface area is 207 Å². The normalized spacial score (nSPS) is 15.2. The van der Waals surface area contributed by atoms with Crippen LogP contribution in [0.2, 0.25) is 0 Å². The number of amidine groups is 1. The van der Waals surface area contributed by atoms with Gasteiger partial charge in [-0.05, 0) is 31.7 Å². The molecule has 0 aliphatic heterocycles. The maximum atomic E-state index is 13.7. The number of aliphatic imine (C=N–C) groups is 1. The number of rotatable bonds is 3. The number of aromatic nitrogens is 5. The fraction of sp³-hybridized carbons (Fsp3) is 0.522. The van der Waals surface area contributed by atoms with Gasteiger partial charge < -0.3 is 4.74 Å². The summed E-state index contributed by atoms with van der Waals surface area (Å²) in [7, 11) is 1.24. The van der Waals surface area contributed by atoms with E-state index in [4.69, 9.17) is 10.1 Å². The first kappa shape index (κ1) is 26.6. The van der Waals surface area contributed by atoms with E-state index in [-0.39, 0.29) is 41.3 Å². The summed E-state index contributed by atoms with van der Waals surface area (Å²) in [6, 6.07) is 0.913. The van der Waals surface area contributed by atoms with E-state index in [1.165, 1.54) is 11.8 Å². The number of ether oxygens (including phenoxy) is 1. The molecule has 0 bridgehead atoms. The van der Waals surface area contributed by atoms with Crippen LogP contribution in [-0.4, -0.2) is 43.2 Å². The molecule has 0 radical (unpaired) electrons. The number of halogens is 6. The lowest BCUT2D eigenvalue weighted by Gasteiger charge is -2.20. The van der Waals surface area contributed by atoms with Crippen molar-refractivity contribution in [1.82, 2.24) is 24.4 Å². The summed E-state index contributed by atoms with van der Waals surface area (Å²) in [5, 5.41) is 16.0. The maximum absolute atomic E-state index is 13.7. The standard InChI is InChI=1S/C23H25F6N7O/c1-21(2,3)15-9-16(22(24,25)26)36-20(32-15)13(10-31-36)19(30)33-17(37-4)11-35-14-8-6-5-7-12(14)18(34-35)23(27,28)29/h9-10,30H,5-8,11H2,1-4H3. The zero-order chi connectivity index (χ0) is 27.3. The van der Waals surface area contributed by atoms with E-state index in [1.807, 2.05) is 0 Å². The number of hydrogen-bond acceptors (Lipinski definition) is 5. The Balaban J connectivity index is 1.75. The van der Waals surface area contributed by atoms with E-state index >= 15 is 0 Å². The van der Waals surface area contributed by atoms with Gasteiger partial charge in [0.05, 0.1) is 24.6 Å². The average molecular weight is 529 g/mol. The van der Waals surface area contributed by atoms with Crippen LogP contribution in [0.15, 0.2) is 17.3 Å². The molecule has 0 amide bonds. The third-order valence-electron chi connectivity index (χ3n) is 6.07. The summed E-state index contributed by atoms with van der Waals surface area (Å²) in [6.07, 6.45) is -6.32. The number of methoxy groups -OCH3 is 1. The molecular formula is C23H25F6N7O. The Kier molecular flexibility index (Phi) is 6.57. The number of nitrogens with one attached hydrogen (secondary N) is 1. The van der Waals surface area contributed by atoms with Gasteiger partial charge in [-0.15, -0.1) is 0 Å². The predicted molar refractivity (Wildman–Crippen MR) is 122 cm³/mol. The van der Waals surface area contributed by atoms with Crippen molar-refractivity contribution < 1.29 is 31.1 Å². The minimum Gasteiger partial charge on any atom is -0.483 e. The van der Waals surface area contributed by atoms with Gasteiger partial charge in [-0.3, -0.25) is 10.1 Å². The highest BCUT2D eigenvalue weighted by atomic mass is 19.4. The number of fused-ring (bicyclic) bond motifs is 2. The summed E-state index contributed by atoms with van der Waals surface area (Å²) < 4.78 is 88.8. The minimum atomic E-state index is -4.73. The van der Waals surface area contributed by atoms with Gasteiger partial charge in [0.15, 0.2) is 17.2 Å². The highest BCUT2D eigenvalue weighted by molar-refractivity contribution is 6.07. The topological polar surface area (TPSA) is 93.5 Å². The van der Waals surface area contributed by atoms with E-state index in [2.05, 4.69) is 20.2 Å². The molecule has 1 aliphatic rings. The molecule has 1 N–H and O–H groups in total. The molecule has 0 saturated carbocycles. The van der Waals surface area contributed by atoms with Gasteiger partial charge in [0.2, 0.25) is 5.90 Å². The quantitative estimate of drug-likeness (QED) is 0.286. The molecule has 4 rings (SSSR count). The lowest BCUT2D eigenvalue weighted by atomic mass is 9.91. The molecule has 0 aromatic carbocycles. The first-order valence-electron chi connectivity index (χ1n) is 11.4. The monoisotopic (exact) mass is 529 g/mol. The van der Waals surface area contributed by atoms with E-state index in [9.17, 15) is 26.3 Å². The van der Waals surface area contributed by atoms with Crippen LogP contribution in [0.1, 0.15) is 67.5 Å². The molecule has 37 heavy (non-hydrogen) atoms. The van der Waals surface area contributed by atoms with Crippen LogP contribution in [0.25, 0.3) is 5.65 Å². The molecule has 3 heterocycles. The first-order chi connectivity index (χ1) is 17.1. The minimum absolute atomic E-state index is 0.0929. The molecule has 14 heteroatoms. The molecule has 0 fully saturated rings. The second-order valence-electron chi connectivity index (χ2n) is 9.76. The van der Waals surface area contributed by atoms with Crippen molar-refractivity contribution in [2.75, 3.05) is 7.11 Å². The van der Waals surface area contributed by atoms with E-state index in [0.29, 0.717) is 29.5 Å². The SMILES string of the molecule is COC(Cn1nc(C(F)(F)F)c2c1CCCC2)=NC(=N)c1cnn2c(C(F)(F)F)cc(C(C)(C)C)nc12. The molecule has 8 nitrogen and oxygen atoms in total. The smallest absolute Gasteiger partial charge is 0.435 e. The van der Waals surface area contributed by atoms with Crippen LogP contribution in [-0.2, 0) is 41.9 Å². The second-order valence-corrected chi connectivity index (χ2v) is 9.76. The van der Waals surface area contributed by atoms with Gasteiger partial charge in [-0.1, -0.05) is 20.8 Å². The van der Waals surface area contributed by atoms with Crippen molar-refractivity contribution in [1.29, 1.82) is 5.41 Å². The zero-order valence-electron chi connectivity index (χ0n) is 20.5. The van der Waals surface area contributed by atoms with Crippen LogP contribution < -0.4 is 0 Å². The van der Waals surface area contributed by atoms with Crippen LogP contribution in [0.5, 0.6) is 0 Å². The van der Waals surface area contributed by atoms with Crippen molar-refractivity contribution in [3.05, 3.63) is 46.2 Å². The predicted octanol–water partition coefficient (Wildman–Crippen LogP) is 5.21. The third kappa shape index (κ3) is 5.18. The van der Waals surface area contributed by atoms with Gasteiger partial charge in [0.25, 0.3) is 0 Å². The van der Waals surface area contributed by atoms with Gasteiger partial charge in [0.1, 0.15) is 12.2 Å². The summed E-state index contributed by atoms with van der Waals surface area (Å²) in [6.45, 7) is 4.82. The lowest BCUT2D eigenvalue weighted by molar-refractivity contribution is -0.143. The van der Waals surface area contributed by atoms with Crippen LogP contribution >= 0.6 is 0 Å². The van der Waals surface area contributed by atoms with Crippen molar-refractivity contribution in [3.63, 3.8) is 0 Å². The Morgan fingerprint density at radius 2 is 1.76 bits per heavy atom. The Bertz CT molecular complexity index is 1380.